The van der Waals surface area contributed by atoms with Gasteiger partial charge in [0.25, 0.3) is 0 Å². The Labute approximate surface area is 125 Å². The Morgan fingerprint density at radius 2 is 2.14 bits per heavy atom. The highest BCUT2D eigenvalue weighted by atomic mass is 16.5. The van der Waals surface area contributed by atoms with E-state index in [4.69, 9.17) is 4.74 Å². The molecular formula is C16H24N2O3. The molecule has 0 aromatic heterocycles. The minimum absolute atomic E-state index is 0.178. The first-order valence-corrected chi connectivity index (χ1v) is 7.64. The number of benzene rings is 1. The van der Waals surface area contributed by atoms with Crippen molar-refractivity contribution in [2.45, 2.75) is 32.7 Å². The Hall–Kier alpha value is -1.75. The minimum atomic E-state index is 0.178. The van der Waals surface area contributed by atoms with Crippen LogP contribution in [0.25, 0.3) is 0 Å². The number of ether oxygens (including phenoxy) is 1. The average molecular weight is 292 g/mol. The number of nitrogens with one attached hydrogen (secondary N) is 1. The zero-order chi connectivity index (χ0) is 15.1. The van der Waals surface area contributed by atoms with Gasteiger partial charge >= 0.3 is 0 Å². The summed E-state index contributed by atoms with van der Waals surface area (Å²) in [5, 5.41) is 13.3. The molecule has 1 aliphatic heterocycles. The smallest absolute Gasteiger partial charge is 0.223 e. The van der Waals surface area contributed by atoms with E-state index >= 15 is 0 Å². The molecule has 5 nitrogen and oxygen atoms in total. The standard InChI is InChI=1S/C16H24N2O3/c1-2-21-14-7-5-6-13(16(14)20)12-17-9-8-15(19)18-10-3-4-11-18/h5-7,17,20H,2-4,8-12H2,1H3. The molecule has 0 aliphatic carbocycles. The van der Waals surface area contributed by atoms with Crippen molar-refractivity contribution < 1.29 is 14.6 Å². The zero-order valence-electron chi connectivity index (χ0n) is 12.6. The highest BCUT2D eigenvalue weighted by Gasteiger charge is 2.17. The number of amides is 1. The minimum Gasteiger partial charge on any atom is -0.504 e. The van der Waals surface area contributed by atoms with Crippen LogP contribution in [0.5, 0.6) is 11.5 Å². The fourth-order valence-electron chi connectivity index (χ4n) is 2.53. The Morgan fingerprint density at radius 1 is 1.38 bits per heavy atom. The molecule has 1 fully saturated rings. The summed E-state index contributed by atoms with van der Waals surface area (Å²) in [6.45, 7) is 5.35. The van der Waals surface area contributed by atoms with E-state index in [1.54, 1.807) is 6.07 Å². The fourth-order valence-corrected chi connectivity index (χ4v) is 2.53. The summed E-state index contributed by atoms with van der Waals surface area (Å²) >= 11 is 0. The van der Waals surface area contributed by atoms with Crippen molar-refractivity contribution in [2.75, 3.05) is 26.2 Å². The van der Waals surface area contributed by atoms with E-state index in [2.05, 4.69) is 5.32 Å². The van der Waals surface area contributed by atoms with Crippen LogP contribution in [-0.2, 0) is 11.3 Å². The van der Waals surface area contributed by atoms with Crippen LogP contribution >= 0.6 is 0 Å². The number of nitrogens with zero attached hydrogens (tertiary/aromatic N) is 1. The van der Waals surface area contributed by atoms with Crippen LogP contribution in [0.4, 0.5) is 0 Å². The Balaban J connectivity index is 1.75. The topological polar surface area (TPSA) is 61.8 Å². The molecule has 0 spiro atoms. The van der Waals surface area contributed by atoms with E-state index in [1.165, 1.54) is 0 Å². The quantitative estimate of drug-likeness (QED) is 0.753. The molecule has 1 aromatic rings. The van der Waals surface area contributed by atoms with E-state index in [0.29, 0.717) is 31.9 Å². The van der Waals surface area contributed by atoms with E-state index in [9.17, 15) is 9.90 Å². The number of phenols is 1. The lowest BCUT2D eigenvalue weighted by Crippen LogP contribution is -2.30. The number of likely N-dealkylation sites (tertiary alicyclic amines) is 1. The fraction of sp³-hybridized carbons (Fsp3) is 0.562. The number of hydrogen-bond acceptors (Lipinski definition) is 4. The normalized spacial score (nSPS) is 14.4. The van der Waals surface area contributed by atoms with Crippen molar-refractivity contribution in [3.05, 3.63) is 23.8 Å². The number of phenolic OH excluding ortho intramolecular Hbond substituents is 1. The van der Waals surface area contributed by atoms with Crippen LogP contribution < -0.4 is 10.1 Å². The third kappa shape index (κ3) is 4.36. The second-order valence-electron chi connectivity index (χ2n) is 5.21. The number of aromatic hydroxyl groups is 1. The molecule has 1 aromatic carbocycles. The molecule has 0 unspecified atom stereocenters. The summed E-state index contributed by atoms with van der Waals surface area (Å²) in [5.41, 5.74) is 0.787. The Bertz CT molecular complexity index is 471. The Kier molecular flexibility index (Phi) is 5.87. The maximum Gasteiger partial charge on any atom is 0.223 e. The Morgan fingerprint density at radius 3 is 2.86 bits per heavy atom. The first kappa shape index (κ1) is 15.6. The molecule has 1 heterocycles. The molecule has 0 bridgehead atoms. The highest BCUT2D eigenvalue weighted by molar-refractivity contribution is 5.76. The van der Waals surface area contributed by atoms with Crippen molar-refractivity contribution in [3.63, 3.8) is 0 Å². The highest BCUT2D eigenvalue weighted by Crippen LogP contribution is 2.29. The molecule has 2 N–H and O–H groups in total. The molecule has 2 rings (SSSR count). The summed E-state index contributed by atoms with van der Waals surface area (Å²) in [6, 6.07) is 5.46. The predicted molar refractivity (Wildman–Crippen MR) is 81.4 cm³/mol. The number of rotatable bonds is 7. The van der Waals surface area contributed by atoms with Gasteiger partial charge in [0.05, 0.1) is 6.61 Å². The molecular weight excluding hydrogens is 268 g/mol. The number of carbonyl (C=O) groups is 1. The molecule has 21 heavy (non-hydrogen) atoms. The van der Waals surface area contributed by atoms with Gasteiger partial charge in [0, 0.05) is 38.2 Å². The summed E-state index contributed by atoms with van der Waals surface area (Å²) in [4.78, 5) is 13.8. The summed E-state index contributed by atoms with van der Waals surface area (Å²) in [6.07, 6.45) is 2.75. The van der Waals surface area contributed by atoms with Gasteiger partial charge in [-0.2, -0.15) is 0 Å². The van der Waals surface area contributed by atoms with Gasteiger partial charge in [0.1, 0.15) is 0 Å². The lowest BCUT2D eigenvalue weighted by atomic mass is 10.2. The summed E-state index contributed by atoms with van der Waals surface area (Å²) in [7, 11) is 0. The number of carbonyl (C=O) groups excluding carboxylic acids is 1. The van der Waals surface area contributed by atoms with Crippen molar-refractivity contribution in [1.29, 1.82) is 0 Å². The van der Waals surface area contributed by atoms with E-state index < -0.39 is 0 Å². The molecule has 5 heteroatoms. The maximum atomic E-state index is 11.9. The van der Waals surface area contributed by atoms with Gasteiger partial charge in [0.15, 0.2) is 11.5 Å². The van der Waals surface area contributed by atoms with Crippen molar-refractivity contribution in [1.82, 2.24) is 10.2 Å². The molecule has 0 radical (unpaired) electrons. The van der Waals surface area contributed by atoms with E-state index in [1.807, 2.05) is 24.0 Å². The molecule has 1 amide bonds. The first-order valence-electron chi connectivity index (χ1n) is 7.64. The third-order valence-corrected chi connectivity index (χ3v) is 3.67. The molecule has 1 aliphatic rings. The van der Waals surface area contributed by atoms with Crippen molar-refractivity contribution in [3.8, 4) is 11.5 Å². The SMILES string of the molecule is CCOc1cccc(CNCCC(=O)N2CCCC2)c1O. The number of para-hydroxylation sites is 1. The van der Waals surface area contributed by atoms with Crippen LogP contribution in [0, 0.1) is 0 Å². The molecule has 0 saturated carbocycles. The van der Waals surface area contributed by atoms with Gasteiger partial charge in [-0.15, -0.1) is 0 Å². The monoisotopic (exact) mass is 292 g/mol. The van der Waals surface area contributed by atoms with Gasteiger partial charge in [-0.3, -0.25) is 4.79 Å². The van der Waals surface area contributed by atoms with Crippen LogP contribution in [0.2, 0.25) is 0 Å². The third-order valence-electron chi connectivity index (χ3n) is 3.67. The van der Waals surface area contributed by atoms with Gasteiger partial charge in [-0.05, 0) is 25.8 Å². The second-order valence-corrected chi connectivity index (χ2v) is 5.21. The number of hydrogen-bond donors (Lipinski definition) is 2. The first-order chi connectivity index (χ1) is 10.2. The van der Waals surface area contributed by atoms with Crippen molar-refractivity contribution in [2.24, 2.45) is 0 Å². The van der Waals surface area contributed by atoms with Crippen LogP contribution in [0.15, 0.2) is 18.2 Å². The molecule has 116 valence electrons. The predicted octanol–water partition coefficient (Wildman–Crippen LogP) is 1.89. The zero-order valence-corrected chi connectivity index (χ0v) is 12.6. The van der Waals surface area contributed by atoms with Crippen LogP contribution in [0.1, 0.15) is 31.7 Å². The van der Waals surface area contributed by atoms with Gasteiger partial charge in [-0.1, -0.05) is 12.1 Å². The molecule has 1 saturated heterocycles. The van der Waals surface area contributed by atoms with Crippen molar-refractivity contribution >= 4 is 5.91 Å². The maximum absolute atomic E-state index is 11.9. The average Bonchev–Trinajstić information content (AvgIpc) is 3.01. The van der Waals surface area contributed by atoms with Crippen LogP contribution in [0.3, 0.4) is 0 Å². The largest absolute Gasteiger partial charge is 0.504 e. The van der Waals surface area contributed by atoms with E-state index in [-0.39, 0.29) is 11.7 Å². The molecule has 0 atom stereocenters. The van der Waals surface area contributed by atoms with Crippen LogP contribution in [-0.4, -0.2) is 42.2 Å². The van der Waals surface area contributed by atoms with Gasteiger partial charge in [0.2, 0.25) is 5.91 Å². The second kappa shape index (κ2) is 7.88. The lowest BCUT2D eigenvalue weighted by Gasteiger charge is -2.15. The summed E-state index contributed by atoms with van der Waals surface area (Å²) < 4.78 is 5.35. The van der Waals surface area contributed by atoms with Gasteiger partial charge in [-0.25, -0.2) is 0 Å². The van der Waals surface area contributed by atoms with E-state index in [0.717, 1.165) is 31.5 Å². The summed E-state index contributed by atoms with van der Waals surface area (Å²) in [5.74, 6) is 0.898. The van der Waals surface area contributed by atoms with Gasteiger partial charge < -0.3 is 20.1 Å². The lowest BCUT2D eigenvalue weighted by molar-refractivity contribution is -0.130.